The van der Waals surface area contributed by atoms with E-state index in [9.17, 15) is 5.11 Å². The van der Waals surface area contributed by atoms with Gasteiger partial charge in [-0.1, -0.05) is 33.6 Å². The summed E-state index contributed by atoms with van der Waals surface area (Å²) in [5.41, 5.74) is -0.150. The van der Waals surface area contributed by atoms with E-state index < -0.39 is 5.60 Å². The van der Waals surface area contributed by atoms with Gasteiger partial charge in [0.1, 0.15) is 0 Å². The number of aliphatic hydroxyl groups is 1. The van der Waals surface area contributed by atoms with Gasteiger partial charge in [-0.15, -0.1) is 0 Å². The van der Waals surface area contributed by atoms with Crippen LogP contribution in [-0.4, -0.2) is 48.8 Å². The minimum atomic E-state index is -0.414. The SMILES string of the molecule is CCNCC(C)(C)CN(C)CC1(O)CCCC1. The molecule has 1 saturated carbocycles. The highest BCUT2D eigenvalue weighted by Crippen LogP contribution is 2.30. The molecule has 0 bridgehead atoms. The van der Waals surface area contributed by atoms with Crippen molar-refractivity contribution in [3.63, 3.8) is 0 Å². The fourth-order valence-corrected chi connectivity index (χ4v) is 3.00. The van der Waals surface area contributed by atoms with Gasteiger partial charge in [-0.25, -0.2) is 0 Å². The van der Waals surface area contributed by atoms with Crippen molar-refractivity contribution >= 4 is 0 Å². The summed E-state index contributed by atoms with van der Waals surface area (Å²) in [5.74, 6) is 0. The second-order valence-corrected chi connectivity index (χ2v) is 6.55. The first-order chi connectivity index (χ1) is 7.87. The summed E-state index contributed by atoms with van der Waals surface area (Å²) in [6, 6.07) is 0. The van der Waals surface area contributed by atoms with E-state index in [1.54, 1.807) is 0 Å². The van der Waals surface area contributed by atoms with Crippen LogP contribution in [0.2, 0.25) is 0 Å². The average molecular weight is 242 g/mol. The van der Waals surface area contributed by atoms with Crippen molar-refractivity contribution in [3.05, 3.63) is 0 Å². The van der Waals surface area contributed by atoms with Crippen molar-refractivity contribution in [2.45, 2.75) is 52.1 Å². The van der Waals surface area contributed by atoms with Crippen molar-refractivity contribution in [1.82, 2.24) is 10.2 Å². The summed E-state index contributed by atoms with van der Waals surface area (Å²) >= 11 is 0. The van der Waals surface area contributed by atoms with Crippen molar-refractivity contribution in [2.24, 2.45) is 5.41 Å². The van der Waals surface area contributed by atoms with Crippen LogP contribution >= 0.6 is 0 Å². The highest BCUT2D eigenvalue weighted by atomic mass is 16.3. The van der Waals surface area contributed by atoms with Gasteiger partial charge in [0.05, 0.1) is 5.60 Å². The van der Waals surface area contributed by atoms with Gasteiger partial charge in [-0.2, -0.15) is 0 Å². The first-order valence-corrected chi connectivity index (χ1v) is 6.99. The molecule has 2 N–H and O–H groups in total. The molecule has 0 aromatic heterocycles. The molecule has 102 valence electrons. The fraction of sp³-hybridized carbons (Fsp3) is 1.00. The zero-order chi connectivity index (χ0) is 12.9. The number of hydrogen-bond donors (Lipinski definition) is 2. The first-order valence-electron chi connectivity index (χ1n) is 6.99. The molecule has 1 rings (SSSR count). The third kappa shape index (κ3) is 5.36. The summed E-state index contributed by atoms with van der Waals surface area (Å²) in [4.78, 5) is 2.29. The van der Waals surface area contributed by atoms with Crippen LogP contribution in [0.15, 0.2) is 0 Å². The van der Waals surface area contributed by atoms with E-state index in [1.807, 2.05) is 0 Å². The third-order valence-corrected chi connectivity index (χ3v) is 3.65. The molecule has 0 heterocycles. The normalized spacial score (nSPS) is 20.1. The molecule has 0 unspecified atom stereocenters. The maximum atomic E-state index is 10.4. The maximum Gasteiger partial charge on any atom is 0.0774 e. The van der Waals surface area contributed by atoms with Crippen LogP contribution in [0, 0.1) is 5.41 Å². The number of likely N-dealkylation sites (N-methyl/N-ethyl adjacent to an activating group) is 1. The largest absolute Gasteiger partial charge is 0.389 e. The lowest BCUT2D eigenvalue weighted by Gasteiger charge is -2.34. The highest BCUT2D eigenvalue weighted by molar-refractivity contribution is 4.88. The van der Waals surface area contributed by atoms with E-state index in [0.29, 0.717) is 0 Å². The van der Waals surface area contributed by atoms with Gasteiger partial charge in [0.25, 0.3) is 0 Å². The van der Waals surface area contributed by atoms with E-state index in [4.69, 9.17) is 0 Å². The molecule has 3 heteroatoms. The van der Waals surface area contributed by atoms with Gasteiger partial charge in [0, 0.05) is 19.6 Å². The predicted octanol–water partition coefficient (Wildman–Crippen LogP) is 1.86. The van der Waals surface area contributed by atoms with E-state index >= 15 is 0 Å². The molecule has 17 heavy (non-hydrogen) atoms. The fourth-order valence-electron chi connectivity index (χ4n) is 3.00. The van der Waals surface area contributed by atoms with E-state index in [-0.39, 0.29) is 5.41 Å². The first kappa shape index (κ1) is 14.9. The topological polar surface area (TPSA) is 35.5 Å². The van der Waals surface area contributed by atoms with Crippen LogP contribution in [-0.2, 0) is 0 Å². The van der Waals surface area contributed by atoms with Gasteiger partial charge < -0.3 is 15.3 Å². The Bertz CT molecular complexity index is 222. The van der Waals surface area contributed by atoms with E-state index in [0.717, 1.165) is 39.0 Å². The Morgan fingerprint density at radius 1 is 1.29 bits per heavy atom. The molecular weight excluding hydrogens is 212 g/mol. The second-order valence-electron chi connectivity index (χ2n) is 6.55. The molecule has 0 aromatic rings. The van der Waals surface area contributed by atoms with Crippen LogP contribution in [0.5, 0.6) is 0 Å². The average Bonchev–Trinajstić information content (AvgIpc) is 2.60. The quantitative estimate of drug-likeness (QED) is 0.715. The van der Waals surface area contributed by atoms with Crippen LogP contribution in [0.1, 0.15) is 46.5 Å². The summed E-state index contributed by atoms with van der Waals surface area (Å²) in [7, 11) is 2.13. The van der Waals surface area contributed by atoms with Gasteiger partial charge >= 0.3 is 0 Å². The molecule has 1 aliphatic carbocycles. The number of hydrogen-bond acceptors (Lipinski definition) is 3. The Morgan fingerprint density at radius 2 is 1.88 bits per heavy atom. The predicted molar refractivity (Wildman–Crippen MR) is 73.2 cm³/mol. The van der Waals surface area contributed by atoms with Crippen molar-refractivity contribution in [2.75, 3.05) is 33.2 Å². The smallest absolute Gasteiger partial charge is 0.0774 e. The number of nitrogens with zero attached hydrogens (tertiary/aromatic N) is 1. The van der Waals surface area contributed by atoms with Crippen LogP contribution < -0.4 is 5.32 Å². The molecule has 0 spiro atoms. The summed E-state index contributed by atoms with van der Waals surface area (Å²) in [6.07, 6.45) is 4.33. The Morgan fingerprint density at radius 3 is 2.41 bits per heavy atom. The zero-order valence-corrected chi connectivity index (χ0v) is 12.1. The van der Waals surface area contributed by atoms with Gasteiger partial charge in [0.2, 0.25) is 0 Å². The molecule has 0 atom stereocenters. The van der Waals surface area contributed by atoms with E-state index in [1.165, 1.54) is 12.8 Å². The van der Waals surface area contributed by atoms with Crippen LogP contribution in [0.25, 0.3) is 0 Å². The lowest BCUT2D eigenvalue weighted by atomic mass is 9.91. The monoisotopic (exact) mass is 242 g/mol. The van der Waals surface area contributed by atoms with Gasteiger partial charge in [-0.3, -0.25) is 0 Å². The van der Waals surface area contributed by atoms with Gasteiger partial charge in [0.15, 0.2) is 0 Å². The number of nitrogens with one attached hydrogen (secondary N) is 1. The summed E-state index contributed by atoms with van der Waals surface area (Å²) in [5, 5.41) is 13.8. The number of rotatable bonds is 7. The Labute approximate surface area is 107 Å². The minimum Gasteiger partial charge on any atom is -0.389 e. The van der Waals surface area contributed by atoms with E-state index in [2.05, 4.69) is 38.0 Å². The van der Waals surface area contributed by atoms with Crippen LogP contribution in [0.3, 0.4) is 0 Å². The minimum absolute atomic E-state index is 0.264. The molecule has 3 nitrogen and oxygen atoms in total. The molecule has 0 amide bonds. The zero-order valence-electron chi connectivity index (χ0n) is 12.1. The van der Waals surface area contributed by atoms with Crippen LogP contribution in [0.4, 0.5) is 0 Å². The van der Waals surface area contributed by atoms with Crippen molar-refractivity contribution in [3.8, 4) is 0 Å². The van der Waals surface area contributed by atoms with Gasteiger partial charge in [-0.05, 0) is 31.8 Å². The second kappa shape index (κ2) is 6.17. The van der Waals surface area contributed by atoms with Crippen molar-refractivity contribution in [1.29, 1.82) is 0 Å². The lowest BCUT2D eigenvalue weighted by Crippen LogP contribution is -2.45. The maximum absolute atomic E-state index is 10.4. The highest BCUT2D eigenvalue weighted by Gasteiger charge is 2.33. The standard InChI is InChI=1S/C14H30N2O/c1-5-15-10-13(2,3)11-16(4)12-14(17)8-6-7-9-14/h15,17H,5-12H2,1-4H3. The molecule has 0 aliphatic heterocycles. The Kier molecular flexibility index (Phi) is 5.42. The molecule has 0 radical (unpaired) electrons. The molecule has 1 aliphatic rings. The molecule has 1 fully saturated rings. The molecule has 0 aromatic carbocycles. The van der Waals surface area contributed by atoms with Crippen molar-refractivity contribution < 1.29 is 5.11 Å². The summed E-state index contributed by atoms with van der Waals surface area (Å²) in [6.45, 7) is 10.6. The Hall–Kier alpha value is -0.120. The molecule has 0 saturated heterocycles. The summed E-state index contributed by atoms with van der Waals surface area (Å²) < 4.78 is 0. The molecular formula is C14H30N2O. The lowest BCUT2D eigenvalue weighted by molar-refractivity contribution is 0.00824. The third-order valence-electron chi connectivity index (χ3n) is 3.65. The Balaban J connectivity index is 2.34.